The molecule has 1 aliphatic rings. The fourth-order valence-electron chi connectivity index (χ4n) is 4.04. The first-order valence-corrected chi connectivity index (χ1v) is 13.2. The molecule has 194 valence electrons. The van der Waals surface area contributed by atoms with Gasteiger partial charge < -0.3 is 14.5 Å². The monoisotopic (exact) mass is 515 g/mol. The molecular formula is C27H35ClFN5O2. The number of nitrogens with zero attached hydrogens (tertiary/aromatic N) is 5. The quantitative estimate of drug-likeness (QED) is 0.281. The Morgan fingerprint density at radius 2 is 1.58 bits per heavy atom. The predicted octanol–water partition coefficient (Wildman–Crippen LogP) is 4.97. The number of aromatic nitrogens is 3. The van der Waals surface area contributed by atoms with Gasteiger partial charge in [-0.25, -0.2) is 13.9 Å². The number of anilines is 2. The van der Waals surface area contributed by atoms with Gasteiger partial charge in [0.25, 0.3) is 0 Å². The summed E-state index contributed by atoms with van der Waals surface area (Å²) in [5, 5.41) is 4.35. The van der Waals surface area contributed by atoms with Gasteiger partial charge in [-0.05, 0) is 48.4 Å². The van der Waals surface area contributed by atoms with Crippen LogP contribution in [0.4, 0.5) is 15.9 Å². The number of hydrogen-bond acceptors (Lipinski definition) is 6. The molecule has 0 amide bonds. The minimum atomic E-state index is -0.366. The van der Waals surface area contributed by atoms with Crippen molar-refractivity contribution >= 4 is 23.1 Å². The van der Waals surface area contributed by atoms with Crippen molar-refractivity contribution < 1.29 is 9.13 Å². The van der Waals surface area contributed by atoms with Crippen LogP contribution in [0.15, 0.2) is 59.5 Å². The molecule has 0 radical (unpaired) electrons. The summed E-state index contributed by atoms with van der Waals surface area (Å²) in [4.78, 5) is 21.1. The number of halogens is 2. The maximum absolute atomic E-state index is 13.2. The number of unbranched alkanes of at least 4 members (excludes halogenated alkanes) is 3. The van der Waals surface area contributed by atoms with E-state index in [1.165, 1.54) is 42.5 Å². The van der Waals surface area contributed by atoms with Crippen LogP contribution in [0.5, 0.6) is 5.75 Å². The van der Waals surface area contributed by atoms with Crippen LogP contribution >= 0.6 is 11.6 Å². The van der Waals surface area contributed by atoms with E-state index in [9.17, 15) is 9.18 Å². The molecule has 7 nitrogen and oxygen atoms in total. The molecule has 0 aliphatic carbocycles. The molecule has 0 unspecified atom stereocenters. The Balaban J connectivity index is 0.00000176. The summed E-state index contributed by atoms with van der Waals surface area (Å²) < 4.78 is 20.3. The molecule has 2 aromatic carbocycles. The van der Waals surface area contributed by atoms with Gasteiger partial charge in [0, 0.05) is 38.2 Å². The topological polar surface area (TPSA) is 63.5 Å². The van der Waals surface area contributed by atoms with Gasteiger partial charge in [-0.1, -0.05) is 38.3 Å². The molecule has 1 aliphatic heterocycles. The molecule has 1 aromatic heterocycles. The summed E-state index contributed by atoms with van der Waals surface area (Å²) in [5.41, 5.74) is 1.60. The van der Waals surface area contributed by atoms with Gasteiger partial charge >= 0.3 is 5.69 Å². The molecule has 2 heterocycles. The van der Waals surface area contributed by atoms with E-state index in [1.54, 1.807) is 18.3 Å². The molecule has 0 saturated carbocycles. The second-order valence-corrected chi connectivity index (χ2v) is 8.56. The largest absolute Gasteiger partial charge is 0.494 e. The maximum Gasteiger partial charge on any atom is 0.366 e. The number of alkyl halides is 1. The summed E-state index contributed by atoms with van der Waals surface area (Å²) in [6, 6.07) is 14.3. The number of benzene rings is 2. The van der Waals surface area contributed by atoms with E-state index in [0.29, 0.717) is 12.4 Å². The van der Waals surface area contributed by atoms with Crippen molar-refractivity contribution in [2.24, 2.45) is 0 Å². The third-order valence-corrected chi connectivity index (χ3v) is 6.06. The average Bonchev–Trinajstić information content (AvgIpc) is 2.92. The van der Waals surface area contributed by atoms with Gasteiger partial charge in [0.05, 0.1) is 19.3 Å². The van der Waals surface area contributed by atoms with Gasteiger partial charge in [0.15, 0.2) is 5.82 Å². The zero-order valence-electron chi connectivity index (χ0n) is 21.1. The van der Waals surface area contributed by atoms with Gasteiger partial charge in [0.1, 0.15) is 11.6 Å². The molecular weight excluding hydrogens is 481 g/mol. The Morgan fingerprint density at radius 1 is 0.917 bits per heavy atom. The standard InChI is InChI=1S/C26H32FN5O2.CH3Cl/c1-2-3-4-5-18-34-24-12-6-21(7-13-24)20-32-26(33)29-25(19-28-32)31-16-14-30(15-17-31)23-10-8-22(27)9-11-23;1-2/h6-13,19H,2-5,14-18,20H2,1H3;1H3. The second-order valence-electron chi connectivity index (χ2n) is 8.56. The lowest BCUT2D eigenvalue weighted by molar-refractivity contribution is 0.305. The summed E-state index contributed by atoms with van der Waals surface area (Å²) in [7, 11) is 0. The van der Waals surface area contributed by atoms with Gasteiger partial charge in [-0.15, -0.1) is 11.6 Å². The number of ether oxygens (including phenoxy) is 1. The van der Waals surface area contributed by atoms with Crippen molar-refractivity contribution in [2.45, 2.75) is 39.2 Å². The Hall–Kier alpha value is -3.13. The molecule has 0 spiro atoms. The Kier molecular flexibility index (Phi) is 11.0. The van der Waals surface area contributed by atoms with Crippen molar-refractivity contribution in [3.05, 3.63) is 76.6 Å². The van der Waals surface area contributed by atoms with Crippen LogP contribution in [0.25, 0.3) is 0 Å². The molecule has 0 atom stereocenters. The summed E-state index contributed by atoms with van der Waals surface area (Å²) in [5.74, 6) is 1.20. The van der Waals surface area contributed by atoms with E-state index in [-0.39, 0.29) is 11.5 Å². The van der Waals surface area contributed by atoms with Crippen molar-refractivity contribution in [3.8, 4) is 5.75 Å². The molecule has 3 aromatic rings. The summed E-state index contributed by atoms with van der Waals surface area (Å²) >= 11 is 4.64. The Bertz CT molecular complexity index is 1100. The van der Waals surface area contributed by atoms with Gasteiger partial charge in [-0.2, -0.15) is 10.1 Å². The van der Waals surface area contributed by atoms with E-state index < -0.39 is 0 Å². The minimum absolute atomic E-state index is 0.236. The van der Waals surface area contributed by atoms with E-state index >= 15 is 0 Å². The number of piperazine rings is 1. The third-order valence-electron chi connectivity index (χ3n) is 6.06. The molecule has 1 saturated heterocycles. The normalized spacial score (nSPS) is 13.2. The third kappa shape index (κ3) is 7.95. The van der Waals surface area contributed by atoms with Crippen LogP contribution in [0.2, 0.25) is 0 Å². The van der Waals surface area contributed by atoms with Crippen molar-refractivity contribution in [3.63, 3.8) is 0 Å². The number of hydrogen-bond donors (Lipinski definition) is 0. The van der Waals surface area contributed by atoms with E-state index in [2.05, 4.69) is 38.4 Å². The second kappa shape index (κ2) is 14.4. The lowest BCUT2D eigenvalue weighted by atomic mass is 10.2. The first-order valence-electron chi connectivity index (χ1n) is 12.4. The van der Waals surface area contributed by atoms with Gasteiger partial charge in [0.2, 0.25) is 0 Å². The molecule has 0 bridgehead atoms. The SMILES string of the molecule is CCCCCCOc1ccc(Cn2ncc(N3CCN(c4ccc(F)cc4)CC3)nc2=O)cc1.CCl. The lowest BCUT2D eigenvalue weighted by Crippen LogP contribution is -2.47. The van der Waals surface area contributed by atoms with Crippen LogP contribution in [-0.2, 0) is 6.54 Å². The van der Waals surface area contributed by atoms with E-state index in [0.717, 1.165) is 56.2 Å². The van der Waals surface area contributed by atoms with Crippen molar-refractivity contribution in [2.75, 3.05) is 49.0 Å². The highest BCUT2D eigenvalue weighted by atomic mass is 35.5. The van der Waals surface area contributed by atoms with Crippen molar-refractivity contribution in [1.29, 1.82) is 0 Å². The van der Waals surface area contributed by atoms with Crippen LogP contribution in [0, 0.1) is 5.82 Å². The first-order chi connectivity index (χ1) is 17.6. The maximum atomic E-state index is 13.2. The Labute approximate surface area is 217 Å². The molecule has 9 heteroatoms. The van der Waals surface area contributed by atoms with Crippen molar-refractivity contribution in [1.82, 2.24) is 14.8 Å². The highest BCUT2D eigenvalue weighted by Gasteiger charge is 2.19. The van der Waals surface area contributed by atoms with Gasteiger partial charge in [-0.3, -0.25) is 0 Å². The van der Waals surface area contributed by atoms with Crippen LogP contribution in [0.1, 0.15) is 38.2 Å². The highest BCUT2D eigenvalue weighted by molar-refractivity contribution is 6.15. The number of rotatable bonds is 10. The minimum Gasteiger partial charge on any atom is -0.494 e. The fourth-order valence-corrected chi connectivity index (χ4v) is 4.04. The Morgan fingerprint density at radius 3 is 2.22 bits per heavy atom. The summed E-state index contributed by atoms with van der Waals surface area (Å²) in [6.07, 6.45) is 7.84. The predicted molar refractivity (Wildman–Crippen MR) is 144 cm³/mol. The van der Waals surface area contributed by atoms with E-state index in [1.807, 2.05) is 24.3 Å². The zero-order chi connectivity index (χ0) is 25.8. The lowest BCUT2D eigenvalue weighted by Gasteiger charge is -2.36. The fraction of sp³-hybridized carbons (Fsp3) is 0.444. The van der Waals surface area contributed by atoms with Crippen LogP contribution in [-0.4, -0.2) is 53.9 Å². The van der Waals surface area contributed by atoms with Crippen LogP contribution in [0.3, 0.4) is 0 Å². The molecule has 0 N–H and O–H groups in total. The average molecular weight is 516 g/mol. The van der Waals surface area contributed by atoms with Crippen LogP contribution < -0.4 is 20.2 Å². The first kappa shape index (κ1) is 27.5. The molecule has 36 heavy (non-hydrogen) atoms. The highest BCUT2D eigenvalue weighted by Crippen LogP contribution is 2.19. The smallest absolute Gasteiger partial charge is 0.366 e. The van der Waals surface area contributed by atoms with E-state index in [4.69, 9.17) is 4.74 Å². The molecule has 4 rings (SSSR count). The zero-order valence-corrected chi connectivity index (χ0v) is 21.8. The summed E-state index contributed by atoms with van der Waals surface area (Å²) in [6.45, 7) is 6.25. The molecule has 1 fully saturated rings.